The first kappa shape index (κ1) is 16.5. The van der Waals surface area contributed by atoms with Crippen molar-refractivity contribution in [3.05, 3.63) is 48.0 Å². The van der Waals surface area contributed by atoms with Crippen LogP contribution in [-0.4, -0.2) is 29.2 Å². The topological polar surface area (TPSA) is 95.2 Å². The molecule has 128 valence electrons. The third kappa shape index (κ3) is 3.95. The van der Waals surface area contributed by atoms with Gasteiger partial charge in [0.25, 0.3) is 0 Å². The van der Waals surface area contributed by atoms with E-state index in [-0.39, 0.29) is 5.95 Å². The van der Waals surface area contributed by atoms with Crippen LogP contribution in [0, 0.1) is 6.92 Å². The van der Waals surface area contributed by atoms with E-state index >= 15 is 0 Å². The summed E-state index contributed by atoms with van der Waals surface area (Å²) in [5.41, 5.74) is 8.61. The van der Waals surface area contributed by atoms with Crippen molar-refractivity contribution in [3.63, 3.8) is 0 Å². The Morgan fingerprint density at radius 2 is 1.52 bits per heavy atom. The smallest absolute Gasteiger partial charge is 0.232 e. The van der Waals surface area contributed by atoms with Gasteiger partial charge >= 0.3 is 0 Å². The van der Waals surface area contributed by atoms with Crippen LogP contribution in [-0.2, 0) is 0 Å². The number of methoxy groups -OCH3 is 2. The molecule has 0 saturated heterocycles. The number of ether oxygens (including phenoxy) is 2. The first-order valence-corrected chi connectivity index (χ1v) is 7.66. The Balaban J connectivity index is 1.97. The van der Waals surface area contributed by atoms with Crippen molar-refractivity contribution >= 4 is 17.6 Å². The molecule has 3 aromatic rings. The maximum Gasteiger partial charge on any atom is 0.232 e. The molecular weight excluding hydrogens is 318 g/mol. The molecule has 0 aliphatic rings. The molecule has 1 heterocycles. The Hall–Kier alpha value is -3.35. The highest BCUT2D eigenvalue weighted by molar-refractivity contribution is 5.64. The van der Waals surface area contributed by atoms with Crippen LogP contribution in [0.1, 0.15) is 5.56 Å². The second-order valence-corrected chi connectivity index (χ2v) is 5.43. The van der Waals surface area contributed by atoms with Gasteiger partial charge in [0.05, 0.1) is 14.2 Å². The van der Waals surface area contributed by atoms with E-state index in [0.717, 1.165) is 11.3 Å². The molecule has 0 saturated carbocycles. The van der Waals surface area contributed by atoms with Crippen molar-refractivity contribution in [1.82, 2.24) is 15.0 Å². The molecule has 7 nitrogen and oxygen atoms in total. The van der Waals surface area contributed by atoms with Crippen LogP contribution in [0.25, 0.3) is 11.4 Å². The van der Waals surface area contributed by atoms with E-state index in [9.17, 15) is 0 Å². The fraction of sp³-hybridized carbons (Fsp3) is 0.167. The standard InChI is InChI=1S/C18H19N5O2/c1-11-4-6-13(7-5-11)20-18-22-16(21-17(19)23-18)12-8-14(24-2)10-15(9-12)25-3/h4-10H,1-3H3,(H3,19,20,21,22,23). The highest BCUT2D eigenvalue weighted by Crippen LogP contribution is 2.28. The molecular formula is C18H19N5O2. The molecule has 0 aliphatic carbocycles. The quantitative estimate of drug-likeness (QED) is 0.738. The Morgan fingerprint density at radius 1 is 0.880 bits per heavy atom. The number of hydrogen-bond acceptors (Lipinski definition) is 7. The SMILES string of the molecule is COc1cc(OC)cc(-c2nc(N)nc(Nc3ccc(C)cc3)n2)c1. The van der Waals surface area contributed by atoms with Gasteiger partial charge < -0.3 is 20.5 Å². The van der Waals surface area contributed by atoms with E-state index in [4.69, 9.17) is 15.2 Å². The lowest BCUT2D eigenvalue weighted by Crippen LogP contribution is -2.05. The third-order valence-corrected chi connectivity index (χ3v) is 3.57. The normalized spacial score (nSPS) is 10.4. The molecule has 25 heavy (non-hydrogen) atoms. The van der Waals surface area contributed by atoms with Crippen LogP contribution in [0.2, 0.25) is 0 Å². The molecule has 7 heteroatoms. The number of nitrogens with two attached hydrogens (primary N) is 1. The number of anilines is 3. The molecule has 0 amide bonds. The van der Waals surface area contributed by atoms with Gasteiger partial charge in [-0.1, -0.05) is 17.7 Å². The zero-order valence-corrected chi connectivity index (χ0v) is 14.3. The minimum atomic E-state index is 0.126. The number of aromatic nitrogens is 3. The lowest BCUT2D eigenvalue weighted by atomic mass is 10.2. The summed E-state index contributed by atoms with van der Waals surface area (Å²) in [6.45, 7) is 2.03. The summed E-state index contributed by atoms with van der Waals surface area (Å²) in [4.78, 5) is 12.8. The number of rotatable bonds is 5. The number of benzene rings is 2. The Labute approximate surface area is 145 Å². The van der Waals surface area contributed by atoms with Gasteiger partial charge in [-0.3, -0.25) is 0 Å². The molecule has 1 aromatic heterocycles. The first-order chi connectivity index (χ1) is 12.1. The summed E-state index contributed by atoms with van der Waals surface area (Å²) in [6.07, 6.45) is 0. The average Bonchev–Trinajstić information content (AvgIpc) is 2.62. The number of aryl methyl sites for hydroxylation is 1. The number of nitrogen functional groups attached to an aromatic ring is 1. The van der Waals surface area contributed by atoms with Crippen LogP contribution < -0.4 is 20.5 Å². The van der Waals surface area contributed by atoms with Gasteiger partial charge in [0.2, 0.25) is 11.9 Å². The largest absolute Gasteiger partial charge is 0.497 e. The molecule has 3 rings (SSSR count). The fourth-order valence-electron chi connectivity index (χ4n) is 2.28. The van der Waals surface area contributed by atoms with Gasteiger partial charge in [-0.2, -0.15) is 15.0 Å². The highest BCUT2D eigenvalue weighted by atomic mass is 16.5. The zero-order chi connectivity index (χ0) is 17.8. The van der Waals surface area contributed by atoms with E-state index < -0.39 is 0 Å². The molecule has 3 N–H and O–H groups in total. The van der Waals surface area contributed by atoms with E-state index in [1.54, 1.807) is 20.3 Å². The number of nitrogens with zero attached hydrogens (tertiary/aromatic N) is 3. The van der Waals surface area contributed by atoms with E-state index in [1.807, 2.05) is 43.3 Å². The maximum atomic E-state index is 5.85. The van der Waals surface area contributed by atoms with Crippen molar-refractivity contribution in [2.24, 2.45) is 0 Å². The fourth-order valence-corrected chi connectivity index (χ4v) is 2.28. The van der Waals surface area contributed by atoms with Crippen LogP contribution in [0.4, 0.5) is 17.6 Å². The van der Waals surface area contributed by atoms with Crippen molar-refractivity contribution in [1.29, 1.82) is 0 Å². The molecule has 0 bridgehead atoms. The van der Waals surface area contributed by atoms with Gasteiger partial charge in [0, 0.05) is 17.3 Å². The van der Waals surface area contributed by atoms with Crippen molar-refractivity contribution in [2.45, 2.75) is 6.92 Å². The second-order valence-electron chi connectivity index (χ2n) is 5.43. The Bertz CT molecular complexity index is 859. The minimum Gasteiger partial charge on any atom is -0.497 e. The first-order valence-electron chi connectivity index (χ1n) is 7.66. The van der Waals surface area contributed by atoms with Crippen LogP contribution in [0.3, 0.4) is 0 Å². The third-order valence-electron chi connectivity index (χ3n) is 3.57. The van der Waals surface area contributed by atoms with E-state index in [0.29, 0.717) is 23.3 Å². The lowest BCUT2D eigenvalue weighted by molar-refractivity contribution is 0.394. The monoisotopic (exact) mass is 337 g/mol. The van der Waals surface area contributed by atoms with Gasteiger partial charge in [0.15, 0.2) is 5.82 Å². The number of hydrogen-bond donors (Lipinski definition) is 2. The summed E-state index contributed by atoms with van der Waals surface area (Å²) in [5.74, 6) is 2.21. The van der Waals surface area contributed by atoms with Crippen molar-refractivity contribution in [2.75, 3.05) is 25.3 Å². The average molecular weight is 337 g/mol. The van der Waals surface area contributed by atoms with E-state index in [2.05, 4.69) is 20.3 Å². The Morgan fingerprint density at radius 3 is 2.12 bits per heavy atom. The molecule has 0 unspecified atom stereocenters. The van der Waals surface area contributed by atoms with Gasteiger partial charge in [-0.25, -0.2) is 0 Å². The van der Waals surface area contributed by atoms with Crippen LogP contribution >= 0.6 is 0 Å². The molecule has 0 fully saturated rings. The number of nitrogens with one attached hydrogen (secondary N) is 1. The summed E-state index contributed by atoms with van der Waals surface area (Å²) in [5, 5.41) is 3.13. The van der Waals surface area contributed by atoms with E-state index in [1.165, 1.54) is 5.56 Å². The maximum absolute atomic E-state index is 5.85. The highest BCUT2D eigenvalue weighted by Gasteiger charge is 2.10. The molecule has 2 aromatic carbocycles. The van der Waals surface area contributed by atoms with Gasteiger partial charge in [-0.15, -0.1) is 0 Å². The van der Waals surface area contributed by atoms with Crippen LogP contribution in [0.15, 0.2) is 42.5 Å². The predicted octanol–water partition coefficient (Wildman–Crippen LogP) is 3.19. The predicted molar refractivity (Wildman–Crippen MR) is 97.2 cm³/mol. The molecule has 0 aliphatic heterocycles. The minimum absolute atomic E-state index is 0.126. The summed E-state index contributed by atoms with van der Waals surface area (Å²) >= 11 is 0. The van der Waals surface area contributed by atoms with Gasteiger partial charge in [0.1, 0.15) is 11.5 Å². The summed E-state index contributed by atoms with van der Waals surface area (Å²) in [7, 11) is 3.18. The van der Waals surface area contributed by atoms with Crippen molar-refractivity contribution in [3.8, 4) is 22.9 Å². The second kappa shape index (κ2) is 7.04. The van der Waals surface area contributed by atoms with Crippen molar-refractivity contribution < 1.29 is 9.47 Å². The molecule has 0 atom stereocenters. The molecule has 0 spiro atoms. The van der Waals surface area contributed by atoms with Crippen LogP contribution in [0.5, 0.6) is 11.5 Å². The lowest BCUT2D eigenvalue weighted by Gasteiger charge is -2.10. The summed E-state index contributed by atoms with van der Waals surface area (Å²) < 4.78 is 10.6. The van der Waals surface area contributed by atoms with Gasteiger partial charge in [-0.05, 0) is 31.2 Å². The Kier molecular flexibility index (Phi) is 4.65. The summed E-state index contributed by atoms with van der Waals surface area (Å²) in [6, 6.07) is 13.3. The zero-order valence-electron chi connectivity index (χ0n) is 14.3. The molecule has 0 radical (unpaired) electrons.